The number of rotatable bonds is 59. The molecule has 74 heavy (non-hydrogen) atoms. The molecule has 0 saturated heterocycles. The van der Waals surface area contributed by atoms with Crippen LogP contribution in [0.5, 0.6) is 0 Å². The summed E-state index contributed by atoms with van der Waals surface area (Å²) in [4.78, 5) is 25.4. The van der Waals surface area contributed by atoms with E-state index < -0.39 is 20.0 Å². The van der Waals surface area contributed by atoms with Crippen molar-refractivity contribution in [3.05, 3.63) is 48.6 Å². The molecule has 0 spiro atoms. The molecule has 0 aliphatic carbocycles. The maximum Gasteiger partial charge on any atom is 0.268 e. The van der Waals surface area contributed by atoms with Crippen molar-refractivity contribution in [1.29, 1.82) is 0 Å². The van der Waals surface area contributed by atoms with Crippen LogP contribution in [0.3, 0.4) is 0 Å². The highest BCUT2D eigenvalue weighted by Gasteiger charge is 2.23. The van der Waals surface area contributed by atoms with Crippen LogP contribution in [0.4, 0.5) is 0 Å². The third-order valence-corrected chi connectivity index (χ3v) is 15.5. The zero-order valence-corrected chi connectivity index (χ0v) is 50.7. The van der Waals surface area contributed by atoms with E-state index in [1.165, 1.54) is 238 Å². The quantitative estimate of drug-likeness (QED) is 0.0272. The van der Waals surface area contributed by atoms with Crippen LogP contribution in [0, 0.1) is 0 Å². The van der Waals surface area contributed by atoms with Crippen LogP contribution in [0.2, 0.25) is 0 Å². The topological polar surface area (TPSA) is 108 Å². The zero-order chi connectivity index (χ0) is 54.2. The number of phosphoric ester groups is 1. The number of likely N-dealkylation sites (N-methyl/N-ethyl adjacent to an activating group) is 1. The van der Waals surface area contributed by atoms with Crippen molar-refractivity contribution < 1.29 is 32.9 Å². The molecular weight excluding hydrogens is 936 g/mol. The lowest BCUT2D eigenvalue weighted by atomic mass is 10.0. The number of phosphoric acid groups is 1. The van der Waals surface area contributed by atoms with Crippen LogP contribution >= 0.6 is 7.82 Å². The Labute approximate surface area is 460 Å². The predicted molar refractivity (Wildman–Crippen MR) is 321 cm³/mol. The summed E-state index contributed by atoms with van der Waals surface area (Å²) < 4.78 is 23.3. The minimum Gasteiger partial charge on any atom is -0.756 e. The monoisotopic (exact) mass is 1060 g/mol. The number of unbranched alkanes of at least 4 members (excludes halogenated alkanes) is 40. The van der Waals surface area contributed by atoms with Gasteiger partial charge in [-0.05, 0) is 57.8 Å². The number of amides is 1. The molecule has 0 aliphatic rings. The van der Waals surface area contributed by atoms with Crippen LogP contribution in [-0.4, -0.2) is 68.5 Å². The number of hydrogen-bond acceptors (Lipinski definition) is 6. The molecule has 0 aromatic carbocycles. The van der Waals surface area contributed by atoms with E-state index >= 15 is 0 Å². The number of allylic oxidation sites excluding steroid dienone is 7. The molecular formula is C65H125N2O6P. The van der Waals surface area contributed by atoms with Crippen LogP contribution in [0.25, 0.3) is 0 Å². The molecule has 8 nitrogen and oxygen atoms in total. The zero-order valence-electron chi connectivity index (χ0n) is 49.8. The van der Waals surface area contributed by atoms with Crippen molar-refractivity contribution in [2.24, 2.45) is 0 Å². The lowest BCUT2D eigenvalue weighted by Gasteiger charge is -2.29. The van der Waals surface area contributed by atoms with Crippen molar-refractivity contribution in [2.45, 2.75) is 321 Å². The Bertz CT molecular complexity index is 1340. The maximum atomic E-state index is 12.9. The highest BCUT2D eigenvalue weighted by molar-refractivity contribution is 7.45. The van der Waals surface area contributed by atoms with Crippen molar-refractivity contribution in [3.63, 3.8) is 0 Å². The SMILES string of the molecule is CCCCCCC/C=C\C/C=C\C/C=C\CCCCCCCCCCCCCCCCCCCCCCCCCCCCC(=O)NC(COP(=O)([O-])OCC[N+](C)(C)C)C(O)/C=C/CCCCCCCCCCC. The molecule has 0 bridgehead atoms. The van der Waals surface area contributed by atoms with E-state index in [0.29, 0.717) is 17.4 Å². The molecule has 0 radical (unpaired) electrons. The average molecular weight is 1060 g/mol. The van der Waals surface area contributed by atoms with Gasteiger partial charge in [0.1, 0.15) is 13.2 Å². The molecule has 9 heteroatoms. The summed E-state index contributed by atoms with van der Waals surface area (Å²) in [6, 6.07) is -0.883. The number of nitrogens with one attached hydrogen (secondary N) is 1. The number of quaternary nitrogens is 1. The number of aliphatic hydroxyl groups is 1. The van der Waals surface area contributed by atoms with Gasteiger partial charge >= 0.3 is 0 Å². The van der Waals surface area contributed by atoms with Gasteiger partial charge in [0.05, 0.1) is 39.9 Å². The Hall–Kier alpha value is -1.54. The van der Waals surface area contributed by atoms with Gasteiger partial charge in [-0.3, -0.25) is 9.36 Å². The lowest BCUT2D eigenvalue weighted by molar-refractivity contribution is -0.870. The van der Waals surface area contributed by atoms with Gasteiger partial charge in [-0.2, -0.15) is 0 Å². The third-order valence-electron chi connectivity index (χ3n) is 14.5. The molecule has 0 saturated carbocycles. The predicted octanol–water partition coefficient (Wildman–Crippen LogP) is 19.2. The first-order chi connectivity index (χ1) is 36.0. The van der Waals surface area contributed by atoms with E-state index in [-0.39, 0.29) is 19.1 Å². The Morgan fingerprint density at radius 3 is 1.14 bits per heavy atom. The molecule has 3 unspecified atom stereocenters. The molecule has 1 amide bonds. The van der Waals surface area contributed by atoms with Crippen LogP contribution < -0.4 is 10.2 Å². The van der Waals surface area contributed by atoms with Crippen molar-refractivity contribution in [3.8, 4) is 0 Å². The van der Waals surface area contributed by atoms with Gasteiger partial charge < -0.3 is 28.8 Å². The van der Waals surface area contributed by atoms with E-state index in [9.17, 15) is 19.4 Å². The number of carbonyl (C=O) groups excluding carboxylic acids is 1. The highest BCUT2D eigenvalue weighted by Crippen LogP contribution is 2.38. The second-order valence-electron chi connectivity index (χ2n) is 23.1. The number of hydrogen-bond donors (Lipinski definition) is 2. The van der Waals surface area contributed by atoms with Crippen LogP contribution in [-0.2, 0) is 18.4 Å². The first-order valence-corrected chi connectivity index (χ1v) is 33.5. The maximum absolute atomic E-state index is 12.9. The van der Waals surface area contributed by atoms with Crippen molar-refractivity contribution in [2.75, 3.05) is 40.9 Å². The smallest absolute Gasteiger partial charge is 0.268 e. The molecule has 2 N–H and O–H groups in total. The minimum atomic E-state index is -4.59. The summed E-state index contributed by atoms with van der Waals surface area (Å²) in [6.45, 7) is 4.64. The van der Waals surface area contributed by atoms with Crippen molar-refractivity contribution in [1.82, 2.24) is 5.32 Å². The van der Waals surface area contributed by atoms with Gasteiger partial charge in [-0.1, -0.05) is 294 Å². The normalized spacial score (nSPS) is 14.1. The third kappa shape index (κ3) is 58.1. The Kier molecular flexibility index (Phi) is 55.0. The molecule has 0 aliphatic heterocycles. The second-order valence-corrected chi connectivity index (χ2v) is 24.5. The molecule has 0 heterocycles. The van der Waals surface area contributed by atoms with Gasteiger partial charge in [0.25, 0.3) is 7.82 Å². The van der Waals surface area contributed by atoms with E-state index in [1.807, 2.05) is 27.2 Å². The average Bonchev–Trinajstić information content (AvgIpc) is 3.36. The van der Waals surface area contributed by atoms with E-state index in [4.69, 9.17) is 9.05 Å². The molecule has 0 aromatic rings. The summed E-state index contributed by atoms with van der Waals surface area (Å²) in [5.74, 6) is -0.194. The van der Waals surface area contributed by atoms with E-state index in [0.717, 1.165) is 51.4 Å². The van der Waals surface area contributed by atoms with Crippen LogP contribution in [0.1, 0.15) is 309 Å². The summed E-state index contributed by atoms with van der Waals surface area (Å²) in [7, 11) is 1.27. The van der Waals surface area contributed by atoms with Gasteiger partial charge in [0.15, 0.2) is 0 Å². The van der Waals surface area contributed by atoms with Gasteiger partial charge in [-0.25, -0.2) is 0 Å². The van der Waals surface area contributed by atoms with Gasteiger partial charge in [0.2, 0.25) is 5.91 Å². The summed E-state index contributed by atoms with van der Waals surface area (Å²) >= 11 is 0. The first kappa shape index (κ1) is 72.5. The highest BCUT2D eigenvalue weighted by atomic mass is 31.2. The first-order valence-electron chi connectivity index (χ1n) is 32.0. The Balaban J connectivity index is 3.81. The molecule has 0 aromatic heterocycles. The molecule has 0 rings (SSSR count). The summed E-state index contributed by atoms with van der Waals surface area (Å²) in [6.07, 6.45) is 75.3. The lowest BCUT2D eigenvalue weighted by Crippen LogP contribution is -2.45. The van der Waals surface area contributed by atoms with Crippen molar-refractivity contribution >= 4 is 13.7 Å². The standard InChI is InChI=1S/C65H125N2O6P/c1-6-8-10-12-14-16-18-19-20-21-22-23-24-25-26-27-28-29-30-31-32-33-34-35-36-37-38-39-40-41-42-43-44-45-46-47-49-51-53-55-57-59-65(69)66-63(62-73-74(70,71)72-61-60-67(3,4)5)64(68)58-56-54-52-50-48-17-15-13-11-9-7-2/h18-19,21-22,24-25,56,58,63-64,68H,6-17,20,23,26-55,57,59-62H2,1-5H3,(H-,66,69,70,71)/b19-18-,22-21-,25-24-,58-56+. The summed E-state index contributed by atoms with van der Waals surface area (Å²) in [5, 5.41) is 13.8. The minimum absolute atomic E-state index is 0.000438. The fourth-order valence-corrected chi connectivity index (χ4v) is 10.2. The number of nitrogens with zero attached hydrogens (tertiary/aromatic N) is 1. The molecule has 0 fully saturated rings. The Morgan fingerprint density at radius 2 is 0.784 bits per heavy atom. The second kappa shape index (κ2) is 56.2. The Morgan fingerprint density at radius 1 is 0.473 bits per heavy atom. The molecule has 436 valence electrons. The number of carbonyl (C=O) groups is 1. The van der Waals surface area contributed by atoms with Crippen LogP contribution in [0.15, 0.2) is 48.6 Å². The summed E-state index contributed by atoms with van der Waals surface area (Å²) in [5.41, 5.74) is 0. The number of aliphatic hydroxyl groups excluding tert-OH is 1. The van der Waals surface area contributed by atoms with E-state index in [1.54, 1.807) is 6.08 Å². The van der Waals surface area contributed by atoms with Gasteiger partial charge in [-0.15, -0.1) is 0 Å². The fraction of sp³-hybridized carbons (Fsp3) is 0.862. The fourth-order valence-electron chi connectivity index (χ4n) is 9.52. The van der Waals surface area contributed by atoms with Gasteiger partial charge in [0, 0.05) is 6.42 Å². The largest absolute Gasteiger partial charge is 0.756 e. The molecule has 3 atom stereocenters. The van der Waals surface area contributed by atoms with E-state index in [2.05, 4.69) is 55.6 Å².